The summed E-state index contributed by atoms with van der Waals surface area (Å²) in [5.41, 5.74) is 0.831. The molecule has 1 aromatic carbocycles. The highest BCUT2D eigenvalue weighted by Gasteiger charge is 2.21. The average Bonchev–Trinajstić information content (AvgIpc) is 2.90. The van der Waals surface area contributed by atoms with Crippen LogP contribution in [0.2, 0.25) is 0 Å². The van der Waals surface area contributed by atoms with E-state index in [1.54, 1.807) is 0 Å². The Morgan fingerprint density at radius 3 is 2.95 bits per heavy atom. The largest absolute Gasteiger partial charge is 0.325 e. The quantitative estimate of drug-likeness (QED) is 0.826. The van der Waals surface area contributed by atoms with Gasteiger partial charge < -0.3 is 10.6 Å². The molecule has 1 saturated heterocycles. The SMILES string of the molecule is CC(C)N(CC(=O)Nc1cccc(Br)c1)CC1CCCN1. The van der Waals surface area contributed by atoms with Crippen LogP contribution < -0.4 is 10.6 Å². The van der Waals surface area contributed by atoms with Crippen LogP contribution in [0.3, 0.4) is 0 Å². The van der Waals surface area contributed by atoms with E-state index in [9.17, 15) is 4.79 Å². The molecule has 0 bridgehead atoms. The van der Waals surface area contributed by atoms with E-state index in [4.69, 9.17) is 0 Å². The number of carbonyl (C=O) groups excluding carboxylic acids is 1. The second kappa shape index (κ2) is 7.92. The van der Waals surface area contributed by atoms with Gasteiger partial charge in [0.25, 0.3) is 0 Å². The predicted molar refractivity (Wildman–Crippen MR) is 90.5 cm³/mol. The molecule has 1 aliphatic rings. The Bertz CT molecular complexity index is 472. The lowest BCUT2D eigenvalue weighted by atomic mass is 10.2. The summed E-state index contributed by atoms with van der Waals surface area (Å²) in [6, 6.07) is 8.56. The van der Waals surface area contributed by atoms with Gasteiger partial charge in [0.1, 0.15) is 0 Å². The van der Waals surface area contributed by atoms with E-state index in [2.05, 4.69) is 45.3 Å². The van der Waals surface area contributed by atoms with Crippen molar-refractivity contribution in [1.82, 2.24) is 10.2 Å². The maximum Gasteiger partial charge on any atom is 0.238 e. The van der Waals surface area contributed by atoms with Crippen LogP contribution in [-0.2, 0) is 4.79 Å². The van der Waals surface area contributed by atoms with Crippen LogP contribution in [-0.4, -0.2) is 42.5 Å². The highest BCUT2D eigenvalue weighted by molar-refractivity contribution is 9.10. The first-order valence-electron chi connectivity index (χ1n) is 7.57. The van der Waals surface area contributed by atoms with Gasteiger partial charge in [0.15, 0.2) is 0 Å². The van der Waals surface area contributed by atoms with Gasteiger partial charge in [0, 0.05) is 28.8 Å². The molecule has 0 aliphatic carbocycles. The Kier molecular flexibility index (Phi) is 6.21. The molecule has 4 nitrogen and oxygen atoms in total. The molecule has 0 saturated carbocycles. The van der Waals surface area contributed by atoms with Crippen LogP contribution in [0.4, 0.5) is 5.69 Å². The van der Waals surface area contributed by atoms with E-state index in [1.807, 2.05) is 24.3 Å². The molecule has 0 radical (unpaired) electrons. The van der Waals surface area contributed by atoms with Crippen LogP contribution in [0.1, 0.15) is 26.7 Å². The van der Waals surface area contributed by atoms with Crippen molar-refractivity contribution in [3.63, 3.8) is 0 Å². The maximum absolute atomic E-state index is 12.2. The minimum atomic E-state index is 0.0415. The molecule has 116 valence electrons. The van der Waals surface area contributed by atoms with Gasteiger partial charge in [-0.15, -0.1) is 0 Å². The van der Waals surface area contributed by atoms with Gasteiger partial charge in [-0.1, -0.05) is 22.0 Å². The molecule has 1 aromatic rings. The summed E-state index contributed by atoms with van der Waals surface area (Å²) in [6.45, 7) is 6.75. The Morgan fingerprint density at radius 1 is 1.52 bits per heavy atom. The molecule has 1 unspecified atom stereocenters. The number of nitrogens with one attached hydrogen (secondary N) is 2. The summed E-state index contributed by atoms with van der Waals surface area (Å²) >= 11 is 3.41. The third-order valence-corrected chi connectivity index (χ3v) is 4.30. The molecule has 0 spiro atoms. The Hall–Kier alpha value is -0.910. The first-order chi connectivity index (χ1) is 10.0. The second-order valence-corrected chi connectivity index (χ2v) is 6.79. The third-order valence-electron chi connectivity index (χ3n) is 3.80. The normalized spacial score (nSPS) is 18.4. The number of benzene rings is 1. The van der Waals surface area contributed by atoms with Crippen molar-refractivity contribution in [2.45, 2.75) is 38.8 Å². The molecule has 1 heterocycles. The average molecular weight is 354 g/mol. The third kappa shape index (κ3) is 5.41. The van der Waals surface area contributed by atoms with E-state index in [0.717, 1.165) is 23.2 Å². The van der Waals surface area contributed by atoms with Crippen molar-refractivity contribution in [2.75, 3.05) is 25.0 Å². The summed E-state index contributed by atoms with van der Waals surface area (Å²) in [4.78, 5) is 14.5. The summed E-state index contributed by atoms with van der Waals surface area (Å²) < 4.78 is 0.969. The van der Waals surface area contributed by atoms with Crippen molar-refractivity contribution >= 4 is 27.5 Å². The van der Waals surface area contributed by atoms with Gasteiger partial charge in [-0.3, -0.25) is 9.69 Å². The Labute approximate surface area is 135 Å². The van der Waals surface area contributed by atoms with Crippen molar-refractivity contribution in [2.24, 2.45) is 0 Å². The zero-order valence-corrected chi connectivity index (χ0v) is 14.3. The van der Waals surface area contributed by atoms with E-state index in [-0.39, 0.29) is 5.91 Å². The predicted octanol–water partition coefficient (Wildman–Crippen LogP) is 2.85. The first kappa shape index (κ1) is 16.5. The van der Waals surface area contributed by atoms with Gasteiger partial charge in [-0.2, -0.15) is 0 Å². The van der Waals surface area contributed by atoms with E-state index >= 15 is 0 Å². The number of amides is 1. The van der Waals surface area contributed by atoms with Crippen LogP contribution in [0.15, 0.2) is 28.7 Å². The highest BCUT2D eigenvalue weighted by atomic mass is 79.9. The van der Waals surface area contributed by atoms with Crippen LogP contribution in [0.5, 0.6) is 0 Å². The van der Waals surface area contributed by atoms with E-state index in [1.165, 1.54) is 12.8 Å². The minimum Gasteiger partial charge on any atom is -0.325 e. The van der Waals surface area contributed by atoms with Gasteiger partial charge >= 0.3 is 0 Å². The molecular weight excluding hydrogens is 330 g/mol. The molecule has 1 atom stereocenters. The van der Waals surface area contributed by atoms with Gasteiger partial charge in [-0.05, 0) is 51.4 Å². The molecule has 0 aromatic heterocycles. The summed E-state index contributed by atoms with van der Waals surface area (Å²) in [5, 5.41) is 6.45. The van der Waals surface area contributed by atoms with Crippen LogP contribution in [0.25, 0.3) is 0 Å². The standard InChI is InChI=1S/C16H24BrN3O/c1-12(2)20(10-15-7-4-8-18-15)11-16(21)19-14-6-3-5-13(17)9-14/h3,5-6,9,12,15,18H,4,7-8,10-11H2,1-2H3,(H,19,21). The fraction of sp³-hybridized carbons (Fsp3) is 0.562. The van der Waals surface area contributed by atoms with Crippen molar-refractivity contribution < 1.29 is 4.79 Å². The Morgan fingerprint density at radius 2 is 2.33 bits per heavy atom. The lowest BCUT2D eigenvalue weighted by molar-refractivity contribution is -0.117. The molecular formula is C16H24BrN3O. The monoisotopic (exact) mass is 353 g/mol. The minimum absolute atomic E-state index is 0.0415. The lowest BCUT2D eigenvalue weighted by Crippen LogP contribution is -2.44. The van der Waals surface area contributed by atoms with Crippen molar-refractivity contribution in [1.29, 1.82) is 0 Å². The smallest absolute Gasteiger partial charge is 0.238 e. The molecule has 1 fully saturated rings. The lowest BCUT2D eigenvalue weighted by Gasteiger charge is -2.28. The summed E-state index contributed by atoms with van der Waals surface area (Å²) in [7, 11) is 0. The number of carbonyl (C=O) groups is 1. The number of anilines is 1. The van der Waals surface area contributed by atoms with Gasteiger partial charge in [0.2, 0.25) is 5.91 Å². The highest BCUT2D eigenvalue weighted by Crippen LogP contribution is 2.16. The zero-order valence-electron chi connectivity index (χ0n) is 12.7. The molecule has 1 amide bonds. The fourth-order valence-electron chi connectivity index (χ4n) is 2.60. The molecule has 2 rings (SSSR count). The number of rotatable bonds is 6. The van der Waals surface area contributed by atoms with Gasteiger partial charge in [0.05, 0.1) is 6.54 Å². The number of halogens is 1. The van der Waals surface area contributed by atoms with E-state index in [0.29, 0.717) is 18.6 Å². The molecule has 21 heavy (non-hydrogen) atoms. The van der Waals surface area contributed by atoms with Crippen molar-refractivity contribution in [3.8, 4) is 0 Å². The second-order valence-electron chi connectivity index (χ2n) is 5.87. The van der Waals surface area contributed by atoms with E-state index < -0.39 is 0 Å². The number of nitrogens with zero attached hydrogens (tertiary/aromatic N) is 1. The Balaban J connectivity index is 1.88. The fourth-order valence-corrected chi connectivity index (χ4v) is 3.00. The summed E-state index contributed by atoms with van der Waals surface area (Å²) in [6.07, 6.45) is 2.44. The zero-order chi connectivity index (χ0) is 15.2. The molecule has 2 N–H and O–H groups in total. The van der Waals surface area contributed by atoms with Crippen LogP contribution >= 0.6 is 15.9 Å². The molecule has 1 aliphatic heterocycles. The topological polar surface area (TPSA) is 44.4 Å². The van der Waals surface area contributed by atoms with Crippen molar-refractivity contribution in [3.05, 3.63) is 28.7 Å². The summed E-state index contributed by atoms with van der Waals surface area (Å²) in [5.74, 6) is 0.0415. The number of hydrogen-bond acceptors (Lipinski definition) is 3. The van der Waals surface area contributed by atoms with Gasteiger partial charge in [-0.25, -0.2) is 0 Å². The maximum atomic E-state index is 12.2. The van der Waals surface area contributed by atoms with Crippen LogP contribution in [0, 0.1) is 0 Å². The molecule has 5 heteroatoms. The number of hydrogen-bond donors (Lipinski definition) is 2. The first-order valence-corrected chi connectivity index (χ1v) is 8.37.